The number of nitrogens with zero attached hydrogens (tertiary/aromatic N) is 1. The van der Waals surface area contributed by atoms with Crippen molar-refractivity contribution < 1.29 is 9.13 Å². The second-order valence-electron chi connectivity index (χ2n) is 3.99. The zero-order valence-corrected chi connectivity index (χ0v) is 9.03. The first-order valence-electron chi connectivity index (χ1n) is 5.48. The Morgan fingerprint density at radius 3 is 3.19 bits per heavy atom. The maximum atomic E-state index is 13.5. The summed E-state index contributed by atoms with van der Waals surface area (Å²) in [7, 11) is 0. The maximum absolute atomic E-state index is 13.5. The lowest BCUT2D eigenvalue weighted by molar-refractivity contribution is 0.0942. The van der Waals surface area contributed by atoms with Crippen molar-refractivity contribution in [2.24, 2.45) is 5.84 Å². The number of nitrogens with two attached hydrogens (primary N) is 1. The molecule has 2 heterocycles. The molecule has 1 aliphatic rings. The van der Waals surface area contributed by atoms with Gasteiger partial charge in [-0.25, -0.2) is 4.39 Å². The van der Waals surface area contributed by atoms with Crippen LogP contribution < -0.4 is 11.3 Å². The second kappa shape index (κ2) is 5.34. The number of hydrogen-bond acceptors (Lipinski definition) is 4. The highest BCUT2D eigenvalue weighted by molar-refractivity contribution is 5.17. The van der Waals surface area contributed by atoms with Gasteiger partial charge in [-0.15, -0.1) is 0 Å². The van der Waals surface area contributed by atoms with E-state index >= 15 is 0 Å². The van der Waals surface area contributed by atoms with Crippen molar-refractivity contribution in [3.05, 3.63) is 29.8 Å². The number of rotatable bonds is 4. The first kappa shape index (κ1) is 11.4. The van der Waals surface area contributed by atoms with Crippen LogP contribution in [0.15, 0.2) is 18.5 Å². The van der Waals surface area contributed by atoms with Crippen LogP contribution in [-0.4, -0.2) is 17.7 Å². The summed E-state index contributed by atoms with van der Waals surface area (Å²) in [5, 5.41) is 0. The topological polar surface area (TPSA) is 60.2 Å². The van der Waals surface area contributed by atoms with E-state index in [-0.39, 0.29) is 18.0 Å². The molecule has 4 nitrogen and oxygen atoms in total. The molecule has 3 N–H and O–H groups in total. The van der Waals surface area contributed by atoms with Crippen LogP contribution in [0.1, 0.15) is 30.9 Å². The van der Waals surface area contributed by atoms with E-state index in [0.29, 0.717) is 12.0 Å². The highest BCUT2D eigenvalue weighted by Crippen LogP contribution is 2.25. The zero-order chi connectivity index (χ0) is 11.4. The Bertz CT molecular complexity index is 342. The number of hydrogen-bond donors (Lipinski definition) is 2. The molecule has 0 aliphatic carbocycles. The fourth-order valence-corrected chi connectivity index (χ4v) is 2.05. The fraction of sp³-hybridized carbons (Fsp3) is 0.545. The minimum atomic E-state index is -0.330. The molecule has 88 valence electrons. The molecular weight excluding hydrogens is 209 g/mol. The summed E-state index contributed by atoms with van der Waals surface area (Å²) in [5.41, 5.74) is 3.19. The Hall–Kier alpha value is -1.04. The van der Waals surface area contributed by atoms with E-state index in [1.165, 1.54) is 6.20 Å². The SMILES string of the molecule is NNC(CC1CCCO1)c1ccncc1F. The number of aromatic nitrogens is 1. The van der Waals surface area contributed by atoms with Gasteiger partial charge in [0.1, 0.15) is 5.82 Å². The van der Waals surface area contributed by atoms with Gasteiger partial charge in [0, 0.05) is 18.4 Å². The molecule has 16 heavy (non-hydrogen) atoms. The van der Waals surface area contributed by atoms with Crippen molar-refractivity contribution in [2.45, 2.75) is 31.4 Å². The lowest BCUT2D eigenvalue weighted by Crippen LogP contribution is -2.31. The highest BCUT2D eigenvalue weighted by atomic mass is 19.1. The predicted octanol–water partition coefficient (Wildman–Crippen LogP) is 1.29. The molecule has 0 saturated carbocycles. The van der Waals surface area contributed by atoms with E-state index in [1.807, 2.05) is 0 Å². The van der Waals surface area contributed by atoms with Crippen LogP contribution in [0.5, 0.6) is 0 Å². The summed E-state index contributed by atoms with van der Waals surface area (Å²) in [5.74, 6) is 5.13. The molecule has 0 amide bonds. The van der Waals surface area contributed by atoms with Gasteiger partial charge in [-0.2, -0.15) is 0 Å². The third-order valence-corrected chi connectivity index (χ3v) is 2.90. The third-order valence-electron chi connectivity index (χ3n) is 2.90. The Balaban J connectivity index is 2.06. The zero-order valence-electron chi connectivity index (χ0n) is 9.03. The van der Waals surface area contributed by atoms with Crippen LogP contribution in [0, 0.1) is 5.82 Å². The molecule has 2 atom stereocenters. The predicted molar refractivity (Wildman–Crippen MR) is 57.9 cm³/mol. The molecule has 2 unspecified atom stereocenters. The molecule has 0 spiro atoms. The molecule has 1 fully saturated rings. The second-order valence-corrected chi connectivity index (χ2v) is 3.99. The van der Waals surface area contributed by atoms with Crippen LogP contribution in [-0.2, 0) is 4.74 Å². The lowest BCUT2D eigenvalue weighted by atomic mass is 10.0. The van der Waals surface area contributed by atoms with Gasteiger partial charge in [0.25, 0.3) is 0 Å². The molecule has 0 bridgehead atoms. The van der Waals surface area contributed by atoms with Crippen molar-refractivity contribution in [3.8, 4) is 0 Å². The van der Waals surface area contributed by atoms with E-state index < -0.39 is 0 Å². The van der Waals surface area contributed by atoms with E-state index in [9.17, 15) is 4.39 Å². The Morgan fingerprint density at radius 1 is 1.69 bits per heavy atom. The first-order valence-corrected chi connectivity index (χ1v) is 5.48. The van der Waals surface area contributed by atoms with Crippen LogP contribution in [0.3, 0.4) is 0 Å². The van der Waals surface area contributed by atoms with Gasteiger partial charge in [-0.3, -0.25) is 16.3 Å². The molecule has 1 aromatic rings. The van der Waals surface area contributed by atoms with Crippen molar-refractivity contribution in [3.63, 3.8) is 0 Å². The van der Waals surface area contributed by atoms with Crippen LogP contribution in [0.2, 0.25) is 0 Å². The van der Waals surface area contributed by atoms with Gasteiger partial charge in [-0.1, -0.05) is 0 Å². The summed E-state index contributed by atoms with van der Waals surface area (Å²) in [6.07, 6.45) is 5.73. The van der Waals surface area contributed by atoms with E-state index in [4.69, 9.17) is 10.6 Å². The summed E-state index contributed by atoms with van der Waals surface area (Å²) in [6.45, 7) is 0.792. The number of pyridine rings is 1. The fourth-order valence-electron chi connectivity index (χ4n) is 2.05. The summed E-state index contributed by atoms with van der Waals surface area (Å²) >= 11 is 0. The smallest absolute Gasteiger partial charge is 0.146 e. The average Bonchev–Trinajstić information content (AvgIpc) is 2.80. The molecule has 1 saturated heterocycles. The van der Waals surface area contributed by atoms with Crippen molar-refractivity contribution in [2.75, 3.05) is 6.61 Å². The van der Waals surface area contributed by atoms with E-state index in [2.05, 4.69) is 10.4 Å². The van der Waals surface area contributed by atoms with E-state index in [0.717, 1.165) is 19.4 Å². The summed E-state index contributed by atoms with van der Waals surface area (Å²) < 4.78 is 19.0. The molecule has 1 aliphatic heterocycles. The average molecular weight is 225 g/mol. The van der Waals surface area contributed by atoms with Gasteiger partial charge in [0.15, 0.2) is 0 Å². The molecular formula is C11H16FN3O. The number of ether oxygens (including phenoxy) is 1. The molecule has 0 aromatic carbocycles. The van der Waals surface area contributed by atoms with Crippen molar-refractivity contribution >= 4 is 0 Å². The molecule has 0 radical (unpaired) electrons. The Kier molecular flexibility index (Phi) is 3.82. The van der Waals surface area contributed by atoms with Crippen molar-refractivity contribution in [1.29, 1.82) is 0 Å². The Labute approximate surface area is 94.0 Å². The Morgan fingerprint density at radius 2 is 2.56 bits per heavy atom. The van der Waals surface area contributed by atoms with Gasteiger partial charge in [0.05, 0.1) is 18.3 Å². The molecule has 1 aromatic heterocycles. The minimum absolute atomic E-state index is 0.175. The van der Waals surface area contributed by atoms with Crippen molar-refractivity contribution in [1.82, 2.24) is 10.4 Å². The van der Waals surface area contributed by atoms with Crippen LogP contribution in [0.25, 0.3) is 0 Å². The van der Waals surface area contributed by atoms with Gasteiger partial charge >= 0.3 is 0 Å². The maximum Gasteiger partial charge on any atom is 0.146 e. The minimum Gasteiger partial charge on any atom is -0.378 e. The van der Waals surface area contributed by atoms with Gasteiger partial charge in [-0.05, 0) is 25.3 Å². The van der Waals surface area contributed by atoms with Crippen LogP contribution >= 0.6 is 0 Å². The summed E-state index contributed by atoms with van der Waals surface area (Å²) in [4.78, 5) is 3.72. The highest BCUT2D eigenvalue weighted by Gasteiger charge is 2.22. The first-order chi connectivity index (χ1) is 7.81. The summed E-state index contributed by atoms with van der Waals surface area (Å²) in [6, 6.07) is 1.43. The quantitative estimate of drug-likeness (QED) is 0.599. The van der Waals surface area contributed by atoms with E-state index in [1.54, 1.807) is 12.3 Å². The lowest BCUT2D eigenvalue weighted by Gasteiger charge is -2.20. The number of halogens is 1. The standard InChI is InChI=1S/C11H16FN3O/c12-10-7-14-4-3-9(10)11(15-13)6-8-2-1-5-16-8/h3-4,7-8,11,15H,1-2,5-6,13H2. The third kappa shape index (κ3) is 2.55. The normalized spacial score (nSPS) is 22.2. The van der Waals surface area contributed by atoms with Gasteiger partial charge < -0.3 is 4.74 Å². The van der Waals surface area contributed by atoms with Crippen LogP contribution in [0.4, 0.5) is 4.39 Å². The van der Waals surface area contributed by atoms with Gasteiger partial charge in [0.2, 0.25) is 0 Å². The number of nitrogens with one attached hydrogen (secondary N) is 1. The monoisotopic (exact) mass is 225 g/mol. The number of hydrazine groups is 1. The largest absolute Gasteiger partial charge is 0.378 e. The molecule has 5 heteroatoms. The molecule has 2 rings (SSSR count).